The second kappa shape index (κ2) is 11.0. The molecule has 1 aromatic carbocycles. The second-order valence-corrected chi connectivity index (χ2v) is 12.3. The third kappa shape index (κ3) is 5.26. The first-order chi connectivity index (χ1) is 19.7. The number of aliphatic carboxylic acids is 1. The normalized spacial score (nSPS) is 24.0. The minimum Gasteiger partial charge on any atom is -0.481 e. The molecule has 2 N–H and O–H groups in total. The van der Waals surface area contributed by atoms with Crippen molar-refractivity contribution in [2.75, 3.05) is 33.3 Å². The number of fused-ring (bicyclic) bond motifs is 1. The molecule has 1 aromatic heterocycles. The summed E-state index contributed by atoms with van der Waals surface area (Å²) < 4.78 is 50.3. The van der Waals surface area contributed by atoms with E-state index in [0.717, 1.165) is 18.1 Å². The van der Waals surface area contributed by atoms with E-state index in [1.165, 1.54) is 48.4 Å². The van der Waals surface area contributed by atoms with Crippen molar-refractivity contribution in [1.29, 1.82) is 0 Å². The summed E-state index contributed by atoms with van der Waals surface area (Å²) in [6, 6.07) is 1.94. The topological polar surface area (TPSA) is 124 Å². The first-order valence-corrected chi connectivity index (χ1v) is 14.1. The maximum absolute atomic E-state index is 15.4. The molecule has 3 aliphatic rings. The molecule has 15 heteroatoms. The number of rotatable bonds is 8. The van der Waals surface area contributed by atoms with Crippen molar-refractivity contribution in [3.63, 3.8) is 0 Å². The standard InChI is InChI=1S/C27H27ClF3N5O5S/c1-26(2,25(39)40)11-36-10-16-18(23(36)37)27(30,31)12-35(16)9-15-17(24(38)41-3)20(13-5-4-6-14(29)19(13)28)34-21(33-15)22-32-7-8-42-22/h4-8,16,18,20H,9-12H2,1-3H3,(H,33,34)(H,39,40)/t16-,18-,20-/m0/s1. The number of ether oxygens (including phenoxy) is 1. The first-order valence-electron chi connectivity index (χ1n) is 12.9. The molecule has 42 heavy (non-hydrogen) atoms. The maximum atomic E-state index is 15.4. The quantitative estimate of drug-likeness (QED) is 0.428. The van der Waals surface area contributed by atoms with Crippen LogP contribution in [0.15, 0.2) is 46.0 Å². The number of aromatic nitrogens is 1. The highest BCUT2D eigenvalue weighted by atomic mass is 35.5. The summed E-state index contributed by atoms with van der Waals surface area (Å²) in [6.45, 7) is 1.44. The van der Waals surface area contributed by atoms with E-state index in [1.807, 2.05) is 0 Å². The van der Waals surface area contributed by atoms with Crippen LogP contribution in [0.3, 0.4) is 0 Å². The molecule has 2 aromatic rings. The summed E-state index contributed by atoms with van der Waals surface area (Å²) >= 11 is 7.54. The van der Waals surface area contributed by atoms with Crippen molar-refractivity contribution < 1.29 is 37.4 Å². The molecule has 2 saturated heterocycles. The Morgan fingerprint density at radius 2 is 2.07 bits per heavy atom. The van der Waals surface area contributed by atoms with Crippen molar-refractivity contribution in [1.82, 2.24) is 20.1 Å². The Hall–Kier alpha value is -3.49. The number of methoxy groups -OCH3 is 1. The van der Waals surface area contributed by atoms with Gasteiger partial charge in [-0.05, 0) is 19.9 Å². The minimum absolute atomic E-state index is 0.0646. The number of carboxylic acid groups (broad SMARTS) is 1. The second-order valence-electron chi connectivity index (χ2n) is 11.0. The van der Waals surface area contributed by atoms with E-state index in [-0.39, 0.29) is 47.3 Å². The van der Waals surface area contributed by atoms with Gasteiger partial charge in [-0.1, -0.05) is 23.7 Å². The molecule has 0 bridgehead atoms. The fourth-order valence-corrected chi connectivity index (χ4v) is 6.41. The van der Waals surface area contributed by atoms with E-state index < -0.39 is 59.5 Å². The molecule has 0 radical (unpaired) electrons. The molecule has 0 saturated carbocycles. The average Bonchev–Trinajstić information content (AvgIpc) is 3.63. The Bertz CT molecular complexity index is 1500. The van der Waals surface area contributed by atoms with Gasteiger partial charge >= 0.3 is 11.9 Å². The van der Waals surface area contributed by atoms with E-state index in [2.05, 4.69) is 15.3 Å². The van der Waals surface area contributed by atoms with Crippen molar-refractivity contribution in [2.45, 2.75) is 31.9 Å². The lowest BCUT2D eigenvalue weighted by Gasteiger charge is -2.32. The van der Waals surface area contributed by atoms with Crippen LogP contribution >= 0.6 is 22.9 Å². The Morgan fingerprint density at radius 1 is 1.33 bits per heavy atom. The van der Waals surface area contributed by atoms with Gasteiger partial charge in [0.2, 0.25) is 5.91 Å². The van der Waals surface area contributed by atoms with Gasteiger partial charge in [0.25, 0.3) is 5.92 Å². The molecule has 1 amide bonds. The van der Waals surface area contributed by atoms with E-state index in [0.29, 0.717) is 5.01 Å². The molecule has 0 unspecified atom stereocenters. The number of thiazole rings is 1. The summed E-state index contributed by atoms with van der Waals surface area (Å²) in [5, 5.41) is 14.4. The molecule has 3 atom stereocenters. The number of amidine groups is 1. The molecular weight excluding hydrogens is 599 g/mol. The van der Waals surface area contributed by atoms with Crippen LogP contribution in [0, 0.1) is 17.2 Å². The molecule has 2 fully saturated rings. The van der Waals surface area contributed by atoms with Crippen LogP contribution in [-0.2, 0) is 19.1 Å². The van der Waals surface area contributed by atoms with Gasteiger partial charge in [-0.25, -0.2) is 22.9 Å². The highest BCUT2D eigenvalue weighted by molar-refractivity contribution is 7.11. The summed E-state index contributed by atoms with van der Waals surface area (Å²) in [7, 11) is 1.15. The largest absolute Gasteiger partial charge is 0.481 e. The summed E-state index contributed by atoms with van der Waals surface area (Å²) in [5.41, 5.74) is -1.10. The van der Waals surface area contributed by atoms with Gasteiger partial charge < -0.3 is 20.1 Å². The molecule has 10 nitrogen and oxygen atoms in total. The molecule has 5 rings (SSSR count). The predicted molar refractivity (Wildman–Crippen MR) is 147 cm³/mol. The number of nitrogens with one attached hydrogen (secondary N) is 1. The first kappa shape index (κ1) is 30.0. The van der Waals surface area contributed by atoms with Crippen molar-refractivity contribution in [3.8, 4) is 0 Å². The number of amides is 1. The van der Waals surface area contributed by atoms with Crippen LogP contribution in [0.25, 0.3) is 0 Å². The molecule has 224 valence electrons. The van der Waals surface area contributed by atoms with Crippen LogP contribution in [0.1, 0.15) is 30.5 Å². The lowest BCUT2D eigenvalue weighted by molar-refractivity contribution is -0.150. The van der Waals surface area contributed by atoms with Gasteiger partial charge in [-0.2, -0.15) is 0 Å². The fraction of sp³-hybridized carbons (Fsp3) is 0.444. The Labute approximate surface area is 247 Å². The van der Waals surface area contributed by atoms with Crippen molar-refractivity contribution in [3.05, 3.63) is 62.5 Å². The number of aliphatic imine (C=N–C) groups is 1. The lowest BCUT2D eigenvalue weighted by Crippen LogP contribution is -2.45. The molecule has 0 spiro atoms. The number of carbonyl (C=O) groups excluding carboxylic acids is 2. The predicted octanol–water partition coefficient (Wildman–Crippen LogP) is 3.34. The van der Waals surface area contributed by atoms with Gasteiger partial charge in [-0.3, -0.25) is 19.5 Å². The van der Waals surface area contributed by atoms with Crippen molar-refractivity contribution in [2.24, 2.45) is 16.3 Å². The van der Waals surface area contributed by atoms with Gasteiger partial charge in [-0.15, -0.1) is 11.3 Å². The smallest absolute Gasteiger partial charge is 0.338 e. The minimum atomic E-state index is -3.41. The number of esters is 1. The number of carboxylic acids is 1. The van der Waals surface area contributed by atoms with E-state index in [4.69, 9.17) is 16.3 Å². The van der Waals surface area contributed by atoms with Gasteiger partial charge in [0, 0.05) is 48.5 Å². The van der Waals surface area contributed by atoms with Crippen LogP contribution in [0.2, 0.25) is 5.02 Å². The highest BCUT2D eigenvalue weighted by Gasteiger charge is 2.63. The molecule has 3 aliphatic heterocycles. The zero-order chi connectivity index (χ0) is 30.6. The third-order valence-electron chi connectivity index (χ3n) is 7.68. The van der Waals surface area contributed by atoms with Crippen molar-refractivity contribution >= 4 is 46.6 Å². The van der Waals surface area contributed by atoms with Gasteiger partial charge in [0.15, 0.2) is 10.8 Å². The van der Waals surface area contributed by atoms with Crippen LogP contribution < -0.4 is 5.32 Å². The number of alkyl halides is 2. The van der Waals surface area contributed by atoms with Crippen LogP contribution in [0.4, 0.5) is 13.2 Å². The Kier molecular flexibility index (Phi) is 7.83. The third-order valence-corrected chi connectivity index (χ3v) is 8.86. The van der Waals surface area contributed by atoms with Crippen LogP contribution in [-0.4, -0.2) is 88.8 Å². The monoisotopic (exact) mass is 625 g/mol. The molecular formula is C27H27ClF3N5O5S. The van der Waals surface area contributed by atoms with Crippen LogP contribution in [0.5, 0.6) is 0 Å². The zero-order valence-corrected chi connectivity index (χ0v) is 24.3. The van der Waals surface area contributed by atoms with E-state index >= 15 is 8.78 Å². The summed E-state index contributed by atoms with van der Waals surface area (Å²) in [5.74, 6) is -8.44. The maximum Gasteiger partial charge on any atom is 0.338 e. The number of likely N-dealkylation sites (tertiary alicyclic amines) is 2. The Balaban J connectivity index is 1.55. The lowest BCUT2D eigenvalue weighted by atomic mass is 9.93. The Morgan fingerprint density at radius 3 is 2.71 bits per heavy atom. The highest BCUT2D eigenvalue weighted by Crippen LogP contribution is 2.45. The molecule has 4 heterocycles. The number of halogens is 4. The van der Waals surface area contributed by atoms with E-state index in [1.54, 1.807) is 5.38 Å². The zero-order valence-electron chi connectivity index (χ0n) is 22.7. The number of benzene rings is 1. The van der Waals surface area contributed by atoms with Gasteiger partial charge in [0.05, 0.1) is 29.7 Å². The van der Waals surface area contributed by atoms with E-state index in [9.17, 15) is 23.9 Å². The average molecular weight is 626 g/mol. The van der Waals surface area contributed by atoms with Gasteiger partial charge in [0.1, 0.15) is 17.8 Å². The number of carbonyl (C=O) groups is 3. The number of nitrogens with zero attached hydrogens (tertiary/aromatic N) is 4. The SMILES string of the molecule is COC(=O)C1=C(CN2CC(F)(F)[C@@H]3C(=O)N(CC(C)(C)C(=O)O)C[C@@H]32)NC(c2nccs2)=N[C@H]1c1cccc(F)c1Cl. The molecule has 0 aliphatic carbocycles. The number of hydrogen-bond donors (Lipinski definition) is 2. The summed E-state index contributed by atoms with van der Waals surface area (Å²) in [4.78, 5) is 49.4. The fourth-order valence-electron chi connectivity index (χ4n) is 5.60. The summed E-state index contributed by atoms with van der Waals surface area (Å²) in [6.07, 6.45) is 1.54. The number of hydrogen-bond acceptors (Lipinski definition) is 9.